The van der Waals surface area contributed by atoms with Gasteiger partial charge in [0.1, 0.15) is 6.54 Å². The smallest absolute Gasteiger partial charge is 0.239 e. The van der Waals surface area contributed by atoms with Crippen LogP contribution in [-0.4, -0.2) is 17.0 Å². The van der Waals surface area contributed by atoms with Crippen molar-refractivity contribution in [1.29, 1.82) is 0 Å². The molecule has 4 nitrogen and oxygen atoms in total. The molecule has 1 aromatic carbocycles. The van der Waals surface area contributed by atoms with E-state index < -0.39 is 0 Å². The van der Waals surface area contributed by atoms with Crippen LogP contribution in [0.25, 0.3) is 10.9 Å². The summed E-state index contributed by atoms with van der Waals surface area (Å²) in [6.07, 6.45) is 1.94. The summed E-state index contributed by atoms with van der Waals surface area (Å²) in [5.41, 5.74) is 7.89. The number of rotatable bonds is 5. The van der Waals surface area contributed by atoms with Crippen LogP contribution in [0.3, 0.4) is 0 Å². The number of aromatic nitrogens is 1. The van der Waals surface area contributed by atoms with Crippen LogP contribution in [-0.2, 0) is 17.9 Å². The van der Waals surface area contributed by atoms with E-state index in [9.17, 15) is 4.79 Å². The van der Waals surface area contributed by atoms with Crippen LogP contribution in [0.4, 0.5) is 0 Å². The number of nitrogens with two attached hydrogens (primary N) is 1. The highest BCUT2D eigenvalue weighted by Gasteiger charge is 2.08. The van der Waals surface area contributed by atoms with Gasteiger partial charge in [-0.1, -0.05) is 26.0 Å². The Balaban J connectivity index is 2.15. The van der Waals surface area contributed by atoms with E-state index in [1.807, 2.05) is 35.0 Å². The molecular weight excluding hydrogens is 238 g/mol. The van der Waals surface area contributed by atoms with Crippen LogP contribution in [0.5, 0.6) is 0 Å². The van der Waals surface area contributed by atoms with Gasteiger partial charge in [0.25, 0.3) is 0 Å². The fourth-order valence-electron chi connectivity index (χ4n) is 2.13. The van der Waals surface area contributed by atoms with E-state index in [0.717, 1.165) is 16.5 Å². The molecule has 102 valence electrons. The predicted molar refractivity (Wildman–Crippen MR) is 77.7 cm³/mol. The summed E-state index contributed by atoms with van der Waals surface area (Å²) in [5, 5.41) is 4.06. The normalized spacial score (nSPS) is 11.2. The lowest BCUT2D eigenvalue weighted by molar-refractivity contribution is -0.121. The first-order chi connectivity index (χ1) is 9.11. The molecule has 0 aliphatic heterocycles. The fourth-order valence-corrected chi connectivity index (χ4v) is 2.13. The third-order valence-electron chi connectivity index (χ3n) is 3.15. The van der Waals surface area contributed by atoms with Crippen molar-refractivity contribution in [2.75, 3.05) is 6.54 Å². The van der Waals surface area contributed by atoms with Gasteiger partial charge in [-0.25, -0.2) is 0 Å². The van der Waals surface area contributed by atoms with Crippen molar-refractivity contribution in [2.45, 2.75) is 26.9 Å². The highest BCUT2D eigenvalue weighted by atomic mass is 16.1. The number of hydrogen-bond acceptors (Lipinski definition) is 2. The van der Waals surface area contributed by atoms with Gasteiger partial charge in [-0.05, 0) is 23.6 Å². The van der Waals surface area contributed by atoms with Gasteiger partial charge in [0.2, 0.25) is 5.91 Å². The molecule has 0 aliphatic carbocycles. The molecule has 2 rings (SSSR count). The van der Waals surface area contributed by atoms with E-state index in [1.165, 1.54) is 0 Å². The highest BCUT2D eigenvalue weighted by molar-refractivity contribution is 5.85. The third-order valence-corrected chi connectivity index (χ3v) is 3.15. The first-order valence-electron chi connectivity index (χ1n) is 6.65. The number of nitrogens with one attached hydrogen (secondary N) is 1. The number of carbonyl (C=O) groups excluding carboxylic acids is 1. The van der Waals surface area contributed by atoms with Gasteiger partial charge in [0.05, 0.1) is 0 Å². The minimum Gasteiger partial charge on any atom is -0.354 e. The molecule has 1 heterocycles. The first-order valence-corrected chi connectivity index (χ1v) is 6.65. The van der Waals surface area contributed by atoms with Gasteiger partial charge in [0.15, 0.2) is 0 Å². The second-order valence-electron chi connectivity index (χ2n) is 5.20. The van der Waals surface area contributed by atoms with Crippen molar-refractivity contribution in [3.8, 4) is 0 Å². The van der Waals surface area contributed by atoms with Crippen molar-refractivity contribution >= 4 is 16.8 Å². The average molecular weight is 259 g/mol. The van der Waals surface area contributed by atoms with Crippen LogP contribution >= 0.6 is 0 Å². The van der Waals surface area contributed by atoms with Crippen molar-refractivity contribution in [2.24, 2.45) is 11.7 Å². The summed E-state index contributed by atoms with van der Waals surface area (Å²) in [7, 11) is 0. The molecule has 19 heavy (non-hydrogen) atoms. The summed E-state index contributed by atoms with van der Waals surface area (Å²) >= 11 is 0. The summed E-state index contributed by atoms with van der Waals surface area (Å²) in [5.74, 6) is 0.513. The molecule has 2 aromatic rings. The van der Waals surface area contributed by atoms with Crippen LogP contribution in [0.1, 0.15) is 19.4 Å². The zero-order valence-electron chi connectivity index (χ0n) is 11.5. The number of amides is 1. The standard InChI is InChI=1S/C15H21N3O/c1-11(2)9-17-15(19)10-18-7-6-13-12(8-16)4-3-5-14(13)18/h3-7,11H,8-10,16H2,1-2H3,(H,17,19). The van der Waals surface area contributed by atoms with Gasteiger partial charge >= 0.3 is 0 Å². The molecule has 0 fully saturated rings. The molecular formula is C15H21N3O. The van der Waals surface area contributed by atoms with Gasteiger partial charge in [-0.2, -0.15) is 0 Å². The Hall–Kier alpha value is -1.81. The van der Waals surface area contributed by atoms with E-state index in [-0.39, 0.29) is 5.91 Å². The van der Waals surface area contributed by atoms with Crippen molar-refractivity contribution in [1.82, 2.24) is 9.88 Å². The molecule has 0 spiro atoms. The second kappa shape index (κ2) is 5.89. The average Bonchev–Trinajstić information content (AvgIpc) is 2.79. The largest absolute Gasteiger partial charge is 0.354 e. The summed E-state index contributed by atoms with van der Waals surface area (Å²) in [6, 6.07) is 8.04. The molecule has 0 saturated heterocycles. The zero-order chi connectivity index (χ0) is 13.8. The number of benzene rings is 1. The quantitative estimate of drug-likeness (QED) is 0.861. The molecule has 0 bridgehead atoms. The molecule has 4 heteroatoms. The molecule has 0 atom stereocenters. The molecule has 3 N–H and O–H groups in total. The molecule has 0 aliphatic rings. The number of nitrogens with zero attached hydrogens (tertiary/aromatic N) is 1. The summed E-state index contributed by atoms with van der Waals surface area (Å²) in [4.78, 5) is 11.9. The summed E-state index contributed by atoms with van der Waals surface area (Å²) < 4.78 is 1.96. The van der Waals surface area contributed by atoms with Crippen LogP contribution in [0.2, 0.25) is 0 Å². The van der Waals surface area contributed by atoms with Gasteiger partial charge in [-0.3, -0.25) is 4.79 Å². The Kier molecular flexibility index (Phi) is 4.22. The van der Waals surface area contributed by atoms with Gasteiger partial charge in [-0.15, -0.1) is 0 Å². The van der Waals surface area contributed by atoms with E-state index in [4.69, 9.17) is 5.73 Å². The molecule has 1 aromatic heterocycles. The number of hydrogen-bond donors (Lipinski definition) is 2. The van der Waals surface area contributed by atoms with Crippen LogP contribution in [0, 0.1) is 5.92 Å². The second-order valence-corrected chi connectivity index (χ2v) is 5.20. The Morgan fingerprint density at radius 3 is 2.84 bits per heavy atom. The van der Waals surface area contributed by atoms with Gasteiger partial charge in [0, 0.05) is 30.2 Å². The monoisotopic (exact) mass is 259 g/mol. The number of carbonyl (C=O) groups is 1. The Labute approximate surface area is 113 Å². The van der Waals surface area contributed by atoms with Crippen molar-refractivity contribution < 1.29 is 4.79 Å². The van der Waals surface area contributed by atoms with Crippen molar-refractivity contribution in [3.63, 3.8) is 0 Å². The van der Waals surface area contributed by atoms with Crippen molar-refractivity contribution in [3.05, 3.63) is 36.0 Å². The Morgan fingerprint density at radius 2 is 2.16 bits per heavy atom. The maximum absolute atomic E-state index is 11.9. The maximum Gasteiger partial charge on any atom is 0.239 e. The molecule has 0 saturated carbocycles. The topological polar surface area (TPSA) is 60.0 Å². The third kappa shape index (κ3) is 3.15. The minimum absolute atomic E-state index is 0.0457. The minimum atomic E-state index is 0.0457. The van der Waals surface area contributed by atoms with Gasteiger partial charge < -0.3 is 15.6 Å². The van der Waals surface area contributed by atoms with Crippen LogP contribution in [0.15, 0.2) is 30.5 Å². The maximum atomic E-state index is 11.9. The lowest BCUT2D eigenvalue weighted by Gasteiger charge is -2.09. The van der Waals surface area contributed by atoms with E-state index in [2.05, 4.69) is 19.2 Å². The van der Waals surface area contributed by atoms with E-state index in [0.29, 0.717) is 25.6 Å². The fraction of sp³-hybridized carbons (Fsp3) is 0.400. The Morgan fingerprint density at radius 1 is 1.37 bits per heavy atom. The lowest BCUT2D eigenvalue weighted by atomic mass is 10.1. The van der Waals surface area contributed by atoms with E-state index in [1.54, 1.807) is 0 Å². The summed E-state index contributed by atoms with van der Waals surface area (Å²) in [6.45, 7) is 5.74. The number of fused-ring (bicyclic) bond motifs is 1. The zero-order valence-corrected chi connectivity index (χ0v) is 11.5. The Bertz CT molecular complexity index is 572. The molecule has 1 amide bonds. The van der Waals surface area contributed by atoms with E-state index >= 15 is 0 Å². The predicted octanol–water partition coefficient (Wildman–Crippen LogP) is 1.87. The van der Waals surface area contributed by atoms with Crippen LogP contribution < -0.4 is 11.1 Å². The highest BCUT2D eigenvalue weighted by Crippen LogP contribution is 2.19. The molecule has 0 radical (unpaired) electrons. The lowest BCUT2D eigenvalue weighted by Crippen LogP contribution is -2.30. The molecule has 0 unspecified atom stereocenters. The first kappa shape index (κ1) is 13.6. The SMILES string of the molecule is CC(C)CNC(=O)Cn1ccc2c(CN)cccc21.